The number of aromatic nitrogens is 2. The van der Waals surface area contributed by atoms with Crippen LogP contribution in [0.5, 0.6) is 0 Å². The van der Waals surface area contributed by atoms with Crippen molar-refractivity contribution in [3.8, 4) is 0 Å². The lowest BCUT2D eigenvalue weighted by atomic mass is 10.3. The lowest BCUT2D eigenvalue weighted by Crippen LogP contribution is -2.28. The molecule has 0 fully saturated rings. The Morgan fingerprint density at radius 3 is 2.84 bits per heavy atom. The summed E-state index contributed by atoms with van der Waals surface area (Å²) in [5.41, 5.74) is 1.81. The number of para-hydroxylation sites is 1. The quantitative estimate of drug-likeness (QED) is 0.884. The minimum absolute atomic E-state index is 0.0749. The number of halogens is 1. The number of rotatable bonds is 5. The zero-order valence-electron chi connectivity index (χ0n) is 10.6. The lowest BCUT2D eigenvalue weighted by Gasteiger charge is -2.08. The molecule has 2 N–H and O–H groups in total. The van der Waals surface area contributed by atoms with Crippen molar-refractivity contribution in [2.24, 2.45) is 7.05 Å². The minimum Gasteiger partial charge on any atom is -0.324 e. The summed E-state index contributed by atoms with van der Waals surface area (Å²) in [6, 6.07) is 9.43. The molecule has 1 aromatic carbocycles. The fraction of sp³-hybridized carbons (Fsp3) is 0.231. The highest BCUT2D eigenvalue weighted by molar-refractivity contribution is 9.10. The molecule has 0 radical (unpaired) electrons. The number of amides is 1. The summed E-state index contributed by atoms with van der Waals surface area (Å²) in [7, 11) is 1.87. The van der Waals surface area contributed by atoms with Gasteiger partial charge in [0.25, 0.3) is 0 Å². The summed E-state index contributed by atoms with van der Waals surface area (Å²) < 4.78 is 2.65. The van der Waals surface area contributed by atoms with E-state index in [9.17, 15) is 4.79 Å². The van der Waals surface area contributed by atoms with Crippen LogP contribution in [0.2, 0.25) is 0 Å². The Morgan fingerprint density at radius 1 is 1.37 bits per heavy atom. The Labute approximate surface area is 120 Å². The first-order valence-corrected chi connectivity index (χ1v) is 6.68. The normalized spacial score (nSPS) is 10.4. The smallest absolute Gasteiger partial charge is 0.238 e. The third-order valence-corrected chi connectivity index (χ3v) is 3.35. The number of hydrogen-bond donors (Lipinski definition) is 2. The van der Waals surface area contributed by atoms with Crippen molar-refractivity contribution in [1.82, 2.24) is 15.1 Å². The largest absolute Gasteiger partial charge is 0.324 e. The van der Waals surface area contributed by atoms with Gasteiger partial charge >= 0.3 is 0 Å². The summed E-state index contributed by atoms with van der Waals surface area (Å²) >= 11 is 3.39. The monoisotopic (exact) mass is 322 g/mol. The maximum Gasteiger partial charge on any atom is 0.238 e. The first-order valence-electron chi connectivity index (χ1n) is 5.89. The molecule has 2 aromatic rings. The number of benzene rings is 1. The van der Waals surface area contributed by atoms with E-state index in [-0.39, 0.29) is 12.5 Å². The number of aryl methyl sites for hydroxylation is 1. The average molecular weight is 323 g/mol. The van der Waals surface area contributed by atoms with Gasteiger partial charge in [-0.3, -0.25) is 9.48 Å². The Bertz CT molecular complexity index is 567. The standard InChI is InChI=1S/C13H15BrN4O/c1-18-10(6-7-16-18)8-15-9-13(19)17-12-5-3-2-4-11(12)14/h2-7,15H,8-9H2,1H3,(H,17,19). The van der Waals surface area contributed by atoms with E-state index in [0.717, 1.165) is 15.9 Å². The molecule has 0 spiro atoms. The Morgan fingerprint density at radius 2 is 2.16 bits per heavy atom. The zero-order chi connectivity index (χ0) is 13.7. The fourth-order valence-electron chi connectivity index (χ4n) is 1.64. The highest BCUT2D eigenvalue weighted by Gasteiger charge is 2.05. The van der Waals surface area contributed by atoms with Gasteiger partial charge in [0.05, 0.1) is 17.9 Å². The third kappa shape index (κ3) is 3.90. The van der Waals surface area contributed by atoms with Gasteiger partial charge in [-0.15, -0.1) is 0 Å². The van der Waals surface area contributed by atoms with Crippen LogP contribution in [0.3, 0.4) is 0 Å². The highest BCUT2D eigenvalue weighted by Crippen LogP contribution is 2.20. The fourth-order valence-corrected chi connectivity index (χ4v) is 2.02. The molecule has 0 aliphatic carbocycles. The predicted octanol–water partition coefficient (Wildman–Crippen LogP) is 1.91. The van der Waals surface area contributed by atoms with E-state index in [1.165, 1.54) is 0 Å². The van der Waals surface area contributed by atoms with Gasteiger partial charge in [0, 0.05) is 24.3 Å². The Balaban J connectivity index is 1.79. The topological polar surface area (TPSA) is 59.0 Å². The van der Waals surface area contributed by atoms with Gasteiger partial charge in [0.15, 0.2) is 0 Å². The van der Waals surface area contributed by atoms with Crippen LogP contribution in [0.25, 0.3) is 0 Å². The van der Waals surface area contributed by atoms with Crippen LogP contribution in [-0.4, -0.2) is 22.2 Å². The number of hydrogen-bond acceptors (Lipinski definition) is 3. The van der Waals surface area contributed by atoms with Crippen LogP contribution < -0.4 is 10.6 Å². The van der Waals surface area contributed by atoms with Crippen LogP contribution in [0.15, 0.2) is 41.0 Å². The molecule has 0 atom stereocenters. The van der Waals surface area contributed by atoms with Crippen molar-refractivity contribution >= 4 is 27.5 Å². The van der Waals surface area contributed by atoms with Gasteiger partial charge in [0.2, 0.25) is 5.91 Å². The molecule has 6 heteroatoms. The summed E-state index contributed by atoms with van der Waals surface area (Å²) in [6.07, 6.45) is 1.73. The highest BCUT2D eigenvalue weighted by atomic mass is 79.9. The van der Waals surface area contributed by atoms with Gasteiger partial charge in [-0.25, -0.2) is 0 Å². The second-order valence-electron chi connectivity index (χ2n) is 4.08. The maximum absolute atomic E-state index is 11.8. The molecule has 1 heterocycles. The van der Waals surface area contributed by atoms with Crippen LogP contribution in [0.1, 0.15) is 5.69 Å². The molecule has 0 aliphatic heterocycles. The molecule has 19 heavy (non-hydrogen) atoms. The molecular weight excluding hydrogens is 308 g/mol. The van der Waals surface area contributed by atoms with Crippen LogP contribution in [0.4, 0.5) is 5.69 Å². The molecule has 5 nitrogen and oxygen atoms in total. The van der Waals surface area contributed by atoms with E-state index in [1.807, 2.05) is 37.4 Å². The Kier molecular flexibility index (Phi) is 4.70. The molecule has 100 valence electrons. The second kappa shape index (κ2) is 6.49. The third-order valence-electron chi connectivity index (χ3n) is 2.66. The van der Waals surface area contributed by atoms with E-state index in [0.29, 0.717) is 6.54 Å². The van der Waals surface area contributed by atoms with Gasteiger partial charge < -0.3 is 10.6 Å². The molecule has 0 unspecified atom stereocenters. The second-order valence-corrected chi connectivity index (χ2v) is 4.93. The van der Waals surface area contributed by atoms with Crippen LogP contribution in [-0.2, 0) is 18.4 Å². The summed E-state index contributed by atoms with van der Waals surface area (Å²) in [6.45, 7) is 0.867. The van der Waals surface area contributed by atoms with Gasteiger partial charge in [-0.05, 0) is 34.1 Å². The van der Waals surface area contributed by atoms with Crippen LogP contribution in [0, 0.1) is 0 Å². The first kappa shape index (κ1) is 13.8. The number of carbonyl (C=O) groups is 1. The molecule has 0 saturated carbocycles. The Hall–Kier alpha value is -1.66. The van der Waals surface area contributed by atoms with E-state index < -0.39 is 0 Å². The maximum atomic E-state index is 11.8. The number of nitrogens with zero attached hydrogens (tertiary/aromatic N) is 2. The molecule has 1 amide bonds. The average Bonchev–Trinajstić information content (AvgIpc) is 2.78. The van der Waals surface area contributed by atoms with Crippen molar-refractivity contribution in [2.75, 3.05) is 11.9 Å². The summed E-state index contributed by atoms with van der Waals surface area (Å²) in [4.78, 5) is 11.8. The molecule has 1 aromatic heterocycles. The van der Waals surface area contributed by atoms with E-state index >= 15 is 0 Å². The first-order chi connectivity index (χ1) is 9.16. The van der Waals surface area contributed by atoms with Crippen molar-refractivity contribution in [1.29, 1.82) is 0 Å². The number of nitrogens with one attached hydrogen (secondary N) is 2. The zero-order valence-corrected chi connectivity index (χ0v) is 12.1. The molecule has 0 aliphatic rings. The van der Waals surface area contributed by atoms with Crippen LogP contribution >= 0.6 is 15.9 Å². The van der Waals surface area contributed by atoms with E-state index in [2.05, 4.69) is 31.7 Å². The number of anilines is 1. The SMILES string of the molecule is Cn1nccc1CNCC(=O)Nc1ccccc1Br. The minimum atomic E-state index is -0.0749. The predicted molar refractivity (Wildman–Crippen MR) is 77.7 cm³/mol. The van der Waals surface area contributed by atoms with Crippen molar-refractivity contribution in [2.45, 2.75) is 6.54 Å². The number of carbonyl (C=O) groups excluding carboxylic acids is 1. The summed E-state index contributed by atoms with van der Waals surface area (Å²) in [5, 5.41) is 9.98. The van der Waals surface area contributed by atoms with Crippen molar-refractivity contribution in [3.05, 3.63) is 46.7 Å². The molecule has 0 saturated heterocycles. The lowest BCUT2D eigenvalue weighted by molar-refractivity contribution is -0.115. The van der Waals surface area contributed by atoms with E-state index in [1.54, 1.807) is 10.9 Å². The summed E-state index contributed by atoms with van der Waals surface area (Å²) in [5.74, 6) is -0.0749. The van der Waals surface area contributed by atoms with Crippen molar-refractivity contribution < 1.29 is 4.79 Å². The molecule has 0 bridgehead atoms. The van der Waals surface area contributed by atoms with E-state index in [4.69, 9.17) is 0 Å². The van der Waals surface area contributed by atoms with Crippen molar-refractivity contribution in [3.63, 3.8) is 0 Å². The van der Waals surface area contributed by atoms with Gasteiger partial charge in [0.1, 0.15) is 0 Å². The molecular formula is C13H15BrN4O. The molecule has 2 rings (SSSR count). The van der Waals surface area contributed by atoms with Gasteiger partial charge in [-0.2, -0.15) is 5.10 Å². The van der Waals surface area contributed by atoms with Gasteiger partial charge in [-0.1, -0.05) is 12.1 Å².